The first-order chi connectivity index (χ1) is 17.7. The number of amides is 1. The van der Waals surface area contributed by atoms with Crippen LogP contribution in [0.25, 0.3) is 0 Å². The lowest BCUT2D eigenvalue weighted by molar-refractivity contribution is -0.120. The second-order valence-corrected chi connectivity index (χ2v) is 10.3. The number of aliphatic imine (C=N–C) groups is 1. The summed E-state index contributed by atoms with van der Waals surface area (Å²) in [7, 11) is 0. The van der Waals surface area contributed by atoms with Crippen LogP contribution in [0, 0.1) is 11.5 Å². The lowest BCUT2D eigenvalue weighted by atomic mass is 10.0. The second-order valence-electron chi connectivity index (χ2n) is 7.60. The van der Waals surface area contributed by atoms with Crippen molar-refractivity contribution in [3.63, 3.8) is 0 Å². The Morgan fingerprint density at radius 2 is 2.08 bits per heavy atom. The molecule has 0 fully saturated rings. The number of rotatable bonds is 9. The van der Waals surface area contributed by atoms with Gasteiger partial charge >= 0.3 is 6.61 Å². The number of carbonyl (C=O) groups excluding carboxylic acids is 1. The van der Waals surface area contributed by atoms with Crippen molar-refractivity contribution in [2.45, 2.75) is 30.3 Å². The zero-order chi connectivity index (χ0) is 26.9. The minimum Gasteiger partial charge on any atom is -0.435 e. The number of guanidine groups is 1. The van der Waals surface area contributed by atoms with E-state index in [9.17, 15) is 18.8 Å². The molecule has 3 rings (SSSR count). The predicted octanol–water partition coefficient (Wildman–Crippen LogP) is 5.80. The van der Waals surface area contributed by atoms with E-state index in [1.165, 1.54) is 23.2 Å². The average Bonchev–Trinajstić information content (AvgIpc) is 3.27. The van der Waals surface area contributed by atoms with Gasteiger partial charge in [0, 0.05) is 17.0 Å². The van der Waals surface area contributed by atoms with E-state index in [4.69, 9.17) is 23.2 Å². The molecule has 2 aromatic carbocycles. The summed E-state index contributed by atoms with van der Waals surface area (Å²) in [4.78, 5) is 16.8. The van der Waals surface area contributed by atoms with Gasteiger partial charge in [0.25, 0.3) is 0 Å². The Morgan fingerprint density at radius 3 is 2.76 bits per heavy atom. The van der Waals surface area contributed by atoms with E-state index in [2.05, 4.69) is 57.3 Å². The fraction of sp³-hybridized carbons (Fsp3) is 0.304. The van der Waals surface area contributed by atoms with Crippen molar-refractivity contribution >= 4 is 78.3 Å². The molecule has 0 aromatic heterocycles. The average molecular weight is 681 g/mol. The summed E-state index contributed by atoms with van der Waals surface area (Å²) in [6, 6.07) is 10.1. The maximum atomic E-state index is 12.9. The third-order valence-corrected chi connectivity index (χ3v) is 7.18. The van der Waals surface area contributed by atoms with Gasteiger partial charge in [0.05, 0.1) is 38.9 Å². The molecule has 0 spiro atoms. The summed E-state index contributed by atoms with van der Waals surface area (Å²) >= 11 is 19.1. The van der Waals surface area contributed by atoms with E-state index in [0.717, 1.165) is 11.8 Å². The molecule has 0 radical (unpaired) electrons. The quantitative estimate of drug-likeness (QED) is 0.115. The van der Waals surface area contributed by atoms with Gasteiger partial charge in [-0.2, -0.15) is 19.1 Å². The molecule has 0 saturated carbocycles. The van der Waals surface area contributed by atoms with Gasteiger partial charge in [0.2, 0.25) is 11.9 Å². The van der Waals surface area contributed by atoms with E-state index in [1.54, 1.807) is 30.5 Å². The van der Waals surface area contributed by atoms with E-state index in [1.807, 2.05) is 0 Å². The van der Waals surface area contributed by atoms with Crippen molar-refractivity contribution < 1.29 is 18.3 Å². The number of nitrogens with zero attached hydrogens (tertiary/aromatic N) is 4. The largest absolute Gasteiger partial charge is 0.435 e. The lowest BCUT2D eigenvalue weighted by Gasteiger charge is -2.19. The van der Waals surface area contributed by atoms with Gasteiger partial charge in [-0.15, -0.1) is 0 Å². The van der Waals surface area contributed by atoms with E-state index in [-0.39, 0.29) is 29.8 Å². The van der Waals surface area contributed by atoms with Crippen LogP contribution in [-0.2, 0) is 4.79 Å². The first-order valence-corrected chi connectivity index (χ1v) is 13.6. The van der Waals surface area contributed by atoms with Crippen LogP contribution in [-0.4, -0.2) is 51.9 Å². The molecule has 0 aliphatic carbocycles. The highest BCUT2D eigenvalue weighted by molar-refractivity contribution is 9.10. The number of ether oxygens (including phenoxy) is 1. The first kappa shape index (κ1) is 29.1. The second kappa shape index (κ2) is 13.9. The minimum atomic E-state index is -3.00. The third-order valence-electron chi connectivity index (χ3n) is 5.01. The molecule has 2 N–H and O–H groups in total. The van der Waals surface area contributed by atoms with Crippen molar-refractivity contribution in [3.05, 3.63) is 58.1 Å². The number of alkyl halides is 4. The van der Waals surface area contributed by atoms with E-state index >= 15 is 0 Å². The van der Waals surface area contributed by atoms with Crippen molar-refractivity contribution in [2.24, 2.45) is 10.1 Å². The summed E-state index contributed by atoms with van der Waals surface area (Å²) in [6.07, 6.45) is 3.21. The van der Waals surface area contributed by atoms with Crippen LogP contribution in [0.3, 0.4) is 0 Å². The molecule has 1 heterocycles. The third kappa shape index (κ3) is 8.26. The van der Waals surface area contributed by atoms with E-state index in [0.29, 0.717) is 27.7 Å². The molecule has 37 heavy (non-hydrogen) atoms. The van der Waals surface area contributed by atoms with E-state index < -0.39 is 17.5 Å². The minimum absolute atomic E-state index is 0.0145. The number of halogens is 6. The van der Waals surface area contributed by atoms with Crippen molar-refractivity contribution in [3.8, 4) is 11.9 Å². The highest BCUT2D eigenvalue weighted by Crippen LogP contribution is 2.26. The molecule has 1 aliphatic rings. The van der Waals surface area contributed by atoms with Gasteiger partial charge in [-0.05, 0) is 37.1 Å². The molecule has 196 valence electrons. The normalized spacial score (nSPS) is 16.3. The van der Waals surface area contributed by atoms with Crippen LogP contribution in [0.5, 0.6) is 5.75 Å². The van der Waals surface area contributed by atoms with Crippen LogP contribution >= 0.6 is 55.1 Å². The van der Waals surface area contributed by atoms with Gasteiger partial charge in [-0.25, -0.2) is 10.0 Å². The zero-order valence-corrected chi connectivity index (χ0v) is 23.7. The number of hydrazone groups is 1. The summed E-state index contributed by atoms with van der Waals surface area (Å²) in [5.41, 5.74) is 1.32. The lowest BCUT2D eigenvalue weighted by Crippen LogP contribution is -2.47. The van der Waals surface area contributed by atoms with Crippen LogP contribution in [0.4, 0.5) is 14.5 Å². The Labute approximate surface area is 238 Å². The number of nitriles is 1. The zero-order valence-electron chi connectivity index (χ0n) is 19.0. The van der Waals surface area contributed by atoms with Crippen LogP contribution in [0.1, 0.15) is 18.4 Å². The Hall–Kier alpha value is -2.46. The summed E-state index contributed by atoms with van der Waals surface area (Å²) in [5.74, 6) is -0.309. The summed E-state index contributed by atoms with van der Waals surface area (Å²) in [5, 5.41) is 22.2. The Kier molecular flexibility index (Phi) is 10.9. The highest BCUT2D eigenvalue weighted by Gasteiger charge is 2.33. The summed E-state index contributed by atoms with van der Waals surface area (Å²) < 4.78 is 29.6. The van der Waals surface area contributed by atoms with Crippen molar-refractivity contribution in [1.82, 2.24) is 15.6 Å². The molecule has 14 heteroatoms. The van der Waals surface area contributed by atoms with Gasteiger partial charge in [0.15, 0.2) is 6.19 Å². The topological polar surface area (TPSA) is 102 Å². The maximum absolute atomic E-state index is 12.9. The summed E-state index contributed by atoms with van der Waals surface area (Å²) in [6.45, 7) is -2.87. The van der Waals surface area contributed by atoms with Gasteiger partial charge < -0.3 is 10.1 Å². The fourth-order valence-electron chi connectivity index (χ4n) is 3.36. The van der Waals surface area contributed by atoms with Crippen LogP contribution < -0.4 is 15.4 Å². The van der Waals surface area contributed by atoms with Gasteiger partial charge in [0.1, 0.15) is 5.75 Å². The number of hydrogen-bond acceptors (Lipinski definition) is 5. The molecule has 2 unspecified atom stereocenters. The Bertz CT molecular complexity index is 1230. The predicted molar refractivity (Wildman–Crippen MR) is 146 cm³/mol. The van der Waals surface area contributed by atoms with Gasteiger partial charge in [-0.3, -0.25) is 10.1 Å². The Balaban J connectivity index is 1.95. The molecule has 2 aromatic rings. The van der Waals surface area contributed by atoms with Gasteiger partial charge in [-0.1, -0.05) is 67.2 Å². The van der Waals surface area contributed by atoms with Crippen molar-refractivity contribution in [1.29, 1.82) is 5.26 Å². The maximum Gasteiger partial charge on any atom is 0.387 e. The molecule has 0 bridgehead atoms. The molecule has 1 amide bonds. The highest BCUT2D eigenvalue weighted by atomic mass is 79.9. The number of nitrogens with one attached hydrogen (secondary N) is 2. The number of carbonyl (C=O) groups is 1. The molecule has 0 saturated heterocycles. The fourth-order valence-corrected chi connectivity index (χ4v) is 4.44. The molecule has 8 nitrogen and oxygen atoms in total. The van der Waals surface area contributed by atoms with Crippen LogP contribution in [0.15, 0.2) is 52.6 Å². The molecule has 1 aliphatic heterocycles. The molecular weight excluding hydrogens is 661 g/mol. The number of hydrogen-bond donors (Lipinski definition) is 2. The van der Waals surface area contributed by atoms with Crippen LogP contribution in [0.2, 0.25) is 10.0 Å². The monoisotopic (exact) mass is 678 g/mol. The molecular formula is C23H20Br2Cl2F2N6O2. The van der Waals surface area contributed by atoms with Crippen molar-refractivity contribution in [2.75, 3.05) is 11.9 Å². The smallest absolute Gasteiger partial charge is 0.387 e. The Morgan fingerprint density at radius 1 is 1.30 bits per heavy atom. The number of benzene rings is 2. The first-order valence-electron chi connectivity index (χ1n) is 10.8. The molecule has 2 atom stereocenters. The SMILES string of the molecule is N#CNC(=Nc1cccc(OC(F)F)c1)N1CC(NC(=O)C(Br)CCCBr)C(c2ccc(Cl)c(Cl)c2)=N1. The standard InChI is InChI=1S/C23H20Br2Cl2F2N6O2/c24-8-2-5-16(25)21(36)33-19-11-35(34-20(19)13-6-7-17(26)18(27)9-13)23(31-12-30)32-14-3-1-4-15(10-14)37-22(28)29/h1,3-4,6-7,9-10,16,19,22H,2,5,8,11H2,(H,31,32)(H,33,36).